The Bertz CT molecular complexity index is 1080. The van der Waals surface area contributed by atoms with E-state index in [1.807, 2.05) is 82.3 Å². The van der Waals surface area contributed by atoms with Gasteiger partial charge >= 0.3 is 0 Å². The molecular weight excluding hydrogens is 380 g/mol. The average molecular weight is 411 g/mol. The molecule has 31 heavy (non-hydrogen) atoms. The van der Waals surface area contributed by atoms with Gasteiger partial charge in [0.25, 0.3) is 5.91 Å². The summed E-state index contributed by atoms with van der Waals surface area (Å²) in [6.07, 6.45) is 9.38. The molecular formula is C28H30N2O. The van der Waals surface area contributed by atoms with Crippen molar-refractivity contribution in [3.05, 3.63) is 107 Å². The molecule has 0 aromatic heterocycles. The molecule has 0 fully saturated rings. The fourth-order valence-electron chi connectivity index (χ4n) is 3.28. The highest BCUT2D eigenvalue weighted by Gasteiger charge is 2.19. The highest BCUT2D eigenvalue weighted by molar-refractivity contribution is 5.98. The summed E-state index contributed by atoms with van der Waals surface area (Å²) in [7, 11) is 1.69. The van der Waals surface area contributed by atoms with Crippen LogP contribution in [0.4, 0.5) is 0 Å². The van der Waals surface area contributed by atoms with Gasteiger partial charge in [-0.3, -0.25) is 4.79 Å². The minimum absolute atomic E-state index is 0.0735. The second-order valence-corrected chi connectivity index (χ2v) is 7.54. The van der Waals surface area contributed by atoms with Crippen LogP contribution in [0.15, 0.2) is 90.7 Å². The number of nitriles is 1. The van der Waals surface area contributed by atoms with Crippen LogP contribution in [0.1, 0.15) is 35.3 Å². The fraction of sp³-hybridized carbons (Fsp3) is 0.214. The lowest BCUT2D eigenvalue weighted by Crippen LogP contribution is -2.26. The van der Waals surface area contributed by atoms with Crippen molar-refractivity contribution in [3.63, 3.8) is 0 Å². The smallest absolute Gasteiger partial charge is 0.258 e. The lowest BCUT2D eigenvalue weighted by molar-refractivity contribution is 0.0840. The summed E-state index contributed by atoms with van der Waals surface area (Å²) in [4.78, 5) is 14.7. The first-order chi connectivity index (χ1) is 14.8. The molecule has 1 atom stereocenters. The molecule has 1 unspecified atom stereocenters. The first-order valence-corrected chi connectivity index (χ1v) is 10.4. The van der Waals surface area contributed by atoms with Crippen molar-refractivity contribution in [2.45, 2.75) is 27.7 Å². The Morgan fingerprint density at radius 1 is 1.10 bits per heavy atom. The van der Waals surface area contributed by atoms with Gasteiger partial charge in [0.15, 0.2) is 0 Å². The number of rotatable bonds is 7. The van der Waals surface area contributed by atoms with Crippen LogP contribution in [0.3, 0.4) is 0 Å². The van der Waals surface area contributed by atoms with E-state index in [2.05, 4.69) is 24.8 Å². The van der Waals surface area contributed by atoms with E-state index in [9.17, 15) is 10.1 Å². The largest absolute Gasteiger partial charge is 0.312 e. The monoisotopic (exact) mass is 410 g/mol. The van der Waals surface area contributed by atoms with E-state index in [1.165, 1.54) is 4.90 Å². The number of allylic oxidation sites excluding steroid dienone is 6. The van der Waals surface area contributed by atoms with E-state index in [1.54, 1.807) is 13.1 Å². The predicted molar refractivity (Wildman–Crippen MR) is 129 cm³/mol. The van der Waals surface area contributed by atoms with Crippen LogP contribution in [0.5, 0.6) is 0 Å². The summed E-state index contributed by atoms with van der Waals surface area (Å²) in [5.41, 5.74) is 5.93. The summed E-state index contributed by atoms with van der Waals surface area (Å²) < 4.78 is 0. The molecule has 0 saturated carbocycles. The minimum atomic E-state index is -0.143. The van der Waals surface area contributed by atoms with E-state index in [0.29, 0.717) is 16.8 Å². The van der Waals surface area contributed by atoms with Gasteiger partial charge in [-0.2, -0.15) is 5.26 Å². The molecule has 1 amide bonds. The van der Waals surface area contributed by atoms with Gasteiger partial charge in [0.05, 0.1) is 6.07 Å². The molecule has 3 nitrogen and oxygen atoms in total. The Morgan fingerprint density at radius 3 is 2.39 bits per heavy atom. The number of nitrogens with zero attached hydrogens (tertiary/aromatic N) is 2. The second-order valence-electron chi connectivity index (χ2n) is 7.54. The summed E-state index contributed by atoms with van der Waals surface area (Å²) in [5, 5.41) is 9.54. The molecule has 158 valence electrons. The molecule has 2 aromatic rings. The zero-order valence-electron chi connectivity index (χ0n) is 19.0. The molecule has 0 aliphatic carbocycles. The number of carbonyl (C=O) groups is 1. The van der Waals surface area contributed by atoms with Gasteiger partial charge in [0.2, 0.25) is 0 Å². The third kappa shape index (κ3) is 5.71. The molecule has 3 heteroatoms. The number of hydrogen-bond acceptors (Lipinski definition) is 2. The molecule has 0 spiro atoms. The van der Waals surface area contributed by atoms with Crippen LogP contribution in [0, 0.1) is 31.1 Å². The zero-order valence-corrected chi connectivity index (χ0v) is 19.0. The SMILES string of the molecule is C=C(C=C(C#N)C(C)C=CC=CC)N(C)C(=O)c1ccc(-c2ccccc2)c(C)c1C. The Hall–Kier alpha value is -3.64. The van der Waals surface area contributed by atoms with E-state index >= 15 is 0 Å². The Kier molecular flexibility index (Phi) is 8.34. The quantitative estimate of drug-likeness (QED) is 0.373. The van der Waals surface area contributed by atoms with Crippen molar-refractivity contribution >= 4 is 5.91 Å². The number of benzene rings is 2. The van der Waals surface area contributed by atoms with E-state index in [4.69, 9.17) is 0 Å². The second kappa shape index (κ2) is 10.9. The lowest BCUT2D eigenvalue weighted by atomic mass is 9.93. The van der Waals surface area contributed by atoms with Crippen molar-refractivity contribution in [1.29, 1.82) is 5.26 Å². The molecule has 0 bridgehead atoms. The predicted octanol–water partition coefficient (Wildman–Crippen LogP) is 6.77. The molecule has 2 aromatic carbocycles. The summed E-state index contributed by atoms with van der Waals surface area (Å²) in [5.74, 6) is -0.216. The number of hydrogen-bond donors (Lipinski definition) is 0. The van der Waals surface area contributed by atoms with Crippen LogP contribution < -0.4 is 0 Å². The Balaban J connectivity index is 2.29. The van der Waals surface area contributed by atoms with Gasteiger partial charge < -0.3 is 4.90 Å². The molecule has 0 N–H and O–H groups in total. The van der Waals surface area contributed by atoms with Gasteiger partial charge in [0, 0.05) is 29.8 Å². The molecule has 0 radical (unpaired) electrons. The highest BCUT2D eigenvalue weighted by atomic mass is 16.2. The highest BCUT2D eigenvalue weighted by Crippen LogP contribution is 2.28. The van der Waals surface area contributed by atoms with E-state index in [-0.39, 0.29) is 11.8 Å². The van der Waals surface area contributed by atoms with Crippen LogP contribution in [0.2, 0.25) is 0 Å². The van der Waals surface area contributed by atoms with Gasteiger partial charge in [-0.05, 0) is 55.2 Å². The summed E-state index contributed by atoms with van der Waals surface area (Å²) in [6.45, 7) is 11.9. The van der Waals surface area contributed by atoms with Gasteiger partial charge in [0.1, 0.15) is 0 Å². The topological polar surface area (TPSA) is 44.1 Å². The van der Waals surface area contributed by atoms with Crippen LogP contribution in [-0.4, -0.2) is 17.9 Å². The minimum Gasteiger partial charge on any atom is -0.312 e. The van der Waals surface area contributed by atoms with Crippen molar-refractivity contribution in [2.24, 2.45) is 5.92 Å². The maximum absolute atomic E-state index is 13.2. The first kappa shape index (κ1) is 23.6. The fourth-order valence-corrected chi connectivity index (χ4v) is 3.28. The first-order valence-electron chi connectivity index (χ1n) is 10.4. The lowest BCUT2D eigenvalue weighted by Gasteiger charge is -2.21. The average Bonchev–Trinajstić information content (AvgIpc) is 2.78. The van der Waals surface area contributed by atoms with Gasteiger partial charge in [-0.25, -0.2) is 0 Å². The maximum Gasteiger partial charge on any atom is 0.258 e. The molecule has 0 aliphatic rings. The van der Waals surface area contributed by atoms with E-state index in [0.717, 1.165) is 22.3 Å². The van der Waals surface area contributed by atoms with Gasteiger partial charge in [-0.15, -0.1) is 0 Å². The van der Waals surface area contributed by atoms with Crippen LogP contribution in [-0.2, 0) is 0 Å². The van der Waals surface area contributed by atoms with Crippen molar-refractivity contribution in [2.75, 3.05) is 7.05 Å². The van der Waals surface area contributed by atoms with Crippen LogP contribution >= 0.6 is 0 Å². The molecule has 2 rings (SSSR count). The molecule has 0 heterocycles. The van der Waals surface area contributed by atoms with E-state index < -0.39 is 0 Å². The Morgan fingerprint density at radius 2 is 1.77 bits per heavy atom. The van der Waals surface area contributed by atoms with Gasteiger partial charge in [-0.1, -0.05) is 74.2 Å². The van der Waals surface area contributed by atoms with Crippen molar-refractivity contribution < 1.29 is 4.79 Å². The number of likely N-dealkylation sites (N-methyl/N-ethyl adjacent to an activating group) is 1. The van der Waals surface area contributed by atoms with Crippen LogP contribution in [0.25, 0.3) is 11.1 Å². The number of carbonyl (C=O) groups excluding carboxylic acids is 1. The third-order valence-corrected chi connectivity index (χ3v) is 5.48. The normalized spacial score (nSPS) is 12.7. The van der Waals surface area contributed by atoms with Crippen molar-refractivity contribution in [3.8, 4) is 17.2 Å². The molecule has 0 aliphatic heterocycles. The van der Waals surface area contributed by atoms with Crippen molar-refractivity contribution in [1.82, 2.24) is 4.90 Å². The molecule has 0 saturated heterocycles. The standard InChI is InChI=1S/C28H30N2O/c1-7-8-10-13-20(2)25(19-29)18-21(3)30(6)28(31)27-17-16-26(22(4)23(27)5)24-14-11-9-12-15-24/h7-18,20H,3H2,1-2,4-6H3. The summed E-state index contributed by atoms with van der Waals surface area (Å²) >= 11 is 0. The Labute approximate surface area is 186 Å². The number of amides is 1. The maximum atomic E-state index is 13.2. The zero-order chi connectivity index (χ0) is 23.0. The summed E-state index contributed by atoms with van der Waals surface area (Å²) in [6, 6.07) is 16.2. The third-order valence-electron chi connectivity index (χ3n) is 5.48.